The first-order valence-electron chi connectivity index (χ1n) is 17.0. The molecule has 272 valence electrons. The van der Waals surface area contributed by atoms with Gasteiger partial charge in [0.05, 0.1) is 6.42 Å². The first-order valence-corrected chi connectivity index (χ1v) is 18.4. The molecule has 0 aliphatic carbocycles. The van der Waals surface area contributed by atoms with E-state index in [0.717, 1.165) is 5.56 Å². The van der Waals surface area contributed by atoms with Crippen LogP contribution in [0.4, 0.5) is 16.2 Å². The third-order valence-electron chi connectivity index (χ3n) is 8.46. The number of hydrogen-bond donors (Lipinski definition) is 6. The van der Waals surface area contributed by atoms with Gasteiger partial charge in [0.2, 0.25) is 29.5 Å². The van der Waals surface area contributed by atoms with Crippen LogP contribution in [0.3, 0.4) is 0 Å². The van der Waals surface area contributed by atoms with Gasteiger partial charge in [-0.1, -0.05) is 51.1 Å². The van der Waals surface area contributed by atoms with E-state index < -0.39 is 47.9 Å². The number of benzene rings is 2. The number of para-hydroxylation sites is 1. The molecule has 50 heavy (non-hydrogen) atoms. The number of amides is 7. The van der Waals surface area contributed by atoms with E-state index in [-0.39, 0.29) is 30.6 Å². The van der Waals surface area contributed by atoms with Gasteiger partial charge >= 0.3 is 6.03 Å². The third kappa shape index (κ3) is 12.1. The number of primary amides is 1. The topological polar surface area (TPSA) is 192 Å². The second-order valence-corrected chi connectivity index (χ2v) is 13.9. The molecule has 3 rings (SSSR count). The van der Waals surface area contributed by atoms with Crippen LogP contribution >= 0.6 is 11.8 Å². The molecule has 0 aromatic heterocycles. The molecule has 4 atom stereocenters. The molecule has 0 saturated carbocycles. The van der Waals surface area contributed by atoms with Gasteiger partial charge in [0.15, 0.2) is 0 Å². The maximum Gasteiger partial charge on any atom is 0.323 e. The normalized spacial score (nSPS) is 15.8. The molecule has 13 nitrogen and oxygen atoms in total. The Morgan fingerprint density at radius 3 is 2.18 bits per heavy atom. The average Bonchev–Trinajstić information content (AvgIpc) is 3.57. The van der Waals surface area contributed by atoms with Gasteiger partial charge in [-0.2, -0.15) is 11.8 Å². The number of carbonyl (C=O) groups excluding carboxylic acids is 6. The summed E-state index contributed by atoms with van der Waals surface area (Å²) in [5, 5.41) is 14.0. The molecule has 0 radical (unpaired) electrons. The Morgan fingerprint density at radius 2 is 1.56 bits per heavy atom. The predicted molar refractivity (Wildman–Crippen MR) is 196 cm³/mol. The first-order chi connectivity index (χ1) is 23.8. The van der Waals surface area contributed by atoms with Gasteiger partial charge in [-0.05, 0) is 86.3 Å². The lowest BCUT2D eigenvalue weighted by molar-refractivity contribution is -0.141. The molecule has 7 N–H and O–H groups in total. The lowest BCUT2D eigenvalue weighted by Gasteiger charge is -2.29. The van der Waals surface area contributed by atoms with Crippen molar-refractivity contribution >= 4 is 58.7 Å². The van der Waals surface area contributed by atoms with E-state index in [4.69, 9.17) is 5.73 Å². The van der Waals surface area contributed by atoms with E-state index in [9.17, 15) is 28.8 Å². The second kappa shape index (κ2) is 19.6. The van der Waals surface area contributed by atoms with Crippen LogP contribution in [0, 0.1) is 12.8 Å². The van der Waals surface area contributed by atoms with Crippen LogP contribution in [0.2, 0.25) is 0 Å². The highest BCUT2D eigenvalue weighted by atomic mass is 32.2. The second-order valence-electron chi connectivity index (χ2n) is 12.9. The van der Waals surface area contributed by atoms with Crippen molar-refractivity contribution in [1.29, 1.82) is 0 Å². The number of rotatable bonds is 17. The lowest BCUT2D eigenvalue weighted by Crippen LogP contribution is -2.58. The lowest BCUT2D eigenvalue weighted by atomic mass is 10.0. The summed E-state index contributed by atoms with van der Waals surface area (Å²) in [6.45, 7) is 7.88. The SMILES string of the molecule is CC[C@H](NC(=O)[C@H](CC(C)C)NC(=O)Cc1ccc(NC(=O)Nc2ccccc2C)cc1)C(=O)N[C@@H](CCSC)C(=O)N1CCC[C@@H]1C(N)=O. The van der Waals surface area contributed by atoms with Crippen molar-refractivity contribution in [3.05, 3.63) is 59.7 Å². The Labute approximate surface area is 298 Å². The van der Waals surface area contributed by atoms with E-state index in [1.807, 2.05) is 51.3 Å². The molecule has 1 aliphatic heterocycles. The number of carbonyl (C=O) groups is 6. The van der Waals surface area contributed by atoms with Crippen molar-refractivity contribution in [2.75, 3.05) is 29.2 Å². The summed E-state index contributed by atoms with van der Waals surface area (Å²) in [5.74, 6) is -1.69. The molecule has 1 heterocycles. The van der Waals surface area contributed by atoms with E-state index in [0.29, 0.717) is 54.9 Å². The van der Waals surface area contributed by atoms with Gasteiger partial charge in [-0.3, -0.25) is 24.0 Å². The van der Waals surface area contributed by atoms with Crippen molar-refractivity contribution in [2.45, 2.75) is 90.4 Å². The molecule has 1 aliphatic rings. The minimum Gasteiger partial charge on any atom is -0.368 e. The zero-order chi connectivity index (χ0) is 36.8. The van der Waals surface area contributed by atoms with E-state index in [1.54, 1.807) is 31.2 Å². The molecule has 0 spiro atoms. The van der Waals surface area contributed by atoms with Gasteiger partial charge in [-0.15, -0.1) is 0 Å². The van der Waals surface area contributed by atoms with Crippen molar-refractivity contribution in [2.24, 2.45) is 11.7 Å². The number of hydrogen-bond acceptors (Lipinski definition) is 7. The number of aryl methyl sites for hydroxylation is 1. The summed E-state index contributed by atoms with van der Waals surface area (Å²) >= 11 is 1.53. The molecule has 0 bridgehead atoms. The molecule has 1 fully saturated rings. The van der Waals surface area contributed by atoms with Crippen molar-refractivity contribution in [1.82, 2.24) is 20.9 Å². The fourth-order valence-electron chi connectivity index (χ4n) is 5.75. The minimum absolute atomic E-state index is 0.00270. The van der Waals surface area contributed by atoms with Crippen LogP contribution < -0.4 is 32.3 Å². The standard InChI is InChI=1S/C36H51N7O6S/c1-6-26(33(46)41-28(17-19-50-5)35(48)43-18-9-12-30(43)32(37)45)40-34(47)29(20-22(2)3)39-31(44)21-24-13-15-25(16-14-24)38-36(49)42-27-11-8-7-10-23(27)4/h7-8,10-11,13-16,22,26,28-30H,6,9,12,17-21H2,1-5H3,(H2,37,45)(H,39,44)(H,40,47)(H,41,46)(H2,38,42,49)/t26-,28-,29-,30+/m0/s1. The van der Waals surface area contributed by atoms with E-state index in [1.165, 1.54) is 16.7 Å². The summed E-state index contributed by atoms with van der Waals surface area (Å²) in [5.41, 5.74) is 8.38. The molecular formula is C36H51N7O6S. The highest BCUT2D eigenvalue weighted by Gasteiger charge is 2.37. The van der Waals surface area contributed by atoms with E-state index in [2.05, 4.69) is 26.6 Å². The average molecular weight is 710 g/mol. The fourth-order valence-corrected chi connectivity index (χ4v) is 6.23. The monoisotopic (exact) mass is 709 g/mol. The number of urea groups is 1. The van der Waals surface area contributed by atoms with Gasteiger partial charge < -0.3 is 37.2 Å². The molecular weight excluding hydrogens is 659 g/mol. The smallest absolute Gasteiger partial charge is 0.323 e. The van der Waals surface area contributed by atoms with Crippen LogP contribution in [0.5, 0.6) is 0 Å². The Bertz CT molecular complexity index is 1500. The van der Waals surface area contributed by atoms with Gasteiger partial charge in [0.1, 0.15) is 24.2 Å². The van der Waals surface area contributed by atoms with Crippen LogP contribution in [0.15, 0.2) is 48.5 Å². The summed E-state index contributed by atoms with van der Waals surface area (Å²) in [6.07, 6.45) is 3.96. The number of anilines is 2. The van der Waals surface area contributed by atoms with Crippen LogP contribution in [-0.2, 0) is 30.4 Å². The van der Waals surface area contributed by atoms with Gasteiger partial charge in [0, 0.05) is 17.9 Å². The zero-order valence-electron chi connectivity index (χ0n) is 29.5. The number of nitrogens with one attached hydrogen (secondary N) is 5. The molecule has 0 unspecified atom stereocenters. The first kappa shape index (κ1) is 39.8. The Morgan fingerprint density at radius 1 is 0.900 bits per heavy atom. The van der Waals surface area contributed by atoms with Crippen LogP contribution in [-0.4, -0.2) is 83.2 Å². The van der Waals surface area contributed by atoms with Gasteiger partial charge in [0.25, 0.3) is 0 Å². The summed E-state index contributed by atoms with van der Waals surface area (Å²) in [6, 6.07) is 10.4. The number of nitrogens with two attached hydrogens (primary N) is 1. The molecule has 2 aromatic rings. The summed E-state index contributed by atoms with van der Waals surface area (Å²) in [4.78, 5) is 79.2. The Balaban J connectivity index is 1.59. The van der Waals surface area contributed by atoms with Crippen LogP contribution in [0.1, 0.15) is 64.0 Å². The Hall–Kier alpha value is -4.59. The van der Waals surface area contributed by atoms with E-state index >= 15 is 0 Å². The van der Waals surface area contributed by atoms with Crippen molar-refractivity contribution in [3.63, 3.8) is 0 Å². The number of thioether (sulfide) groups is 1. The number of likely N-dealkylation sites (tertiary alicyclic amines) is 1. The van der Waals surface area contributed by atoms with Gasteiger partial charge in [-0.25, -0.2) is 4.79 Å². The third-order valence-corrected chi connectivity index (χ3v) is 9.10. The Kier molecular flexibility index (Phi) is 15.6. The summed E-state index contributed by atoms with van der Waals surface area (Å²) in [7, 11) is 0. The highest BCUT2D eigenvalue weighted by molar-refractivity contribution is 7.98. The molecule has 7 amide bonds. The molecule has 14 heteroatoms. The fraction of sp³-hybridized carbons (Fsp3) is 0.500. The quantitative estimate of drug-likeness (QED) is 0.145. The highest BCUT2D eigenvalue weighted by Crippen LogP contribution is 2.20. The zero-order valence-corrected chi connectivity index (χ0v) is 30.4. The largest absolute Gasteiger partial charge is 0.368 e. The summed E-state index contributed by atoms with van der Waals surface area (Å²) < 4.78 is 0. The maximum atomic E-state index is 13.5. The molecule has 1 saturated heterocycles. The minimum atomic E-state index is -0.952. The molecule has 2 aromatic carbocycles. The number of nitrogens with zero attached hydrogens (tertiary/aromatic N) is 1. The predicted octanol–water partition coefficient (Wildman–Crippen LogP) is 3.32. The maximum absolute atomic E-state index is 13.5. The van der Waals surface area contributed by atoms with Crippen molar-refractivity contribution < 1.29 is 28.8 Å². The van der Waals surface area contributed by atoms with Crippen molar-refractivity contribution in [3.8, 4) is 0 Å². The van der Waals surface area contributed by atoms with Crippen LogP contribution in [0.25, 0.3) is 0 Å².